The van der Waals surface area contributed by atoms with Crippen molar-refractivity contribution >= 4 is 21.6 Å². The Morgan fingerprint density at radius 3 is 2.76 bits per heavy atom. The Kier molecular flexibility index (Phi) is 3.03. The van der Waals surface area contributed by atoms with Gasteiger partial charge < -0.3 is 10.1 Å². The number of anilines is 1. The summed E-state index contributed by atoms with van der Waals surface area (Å²) in [5.74, 6) is 2.78. The standard InChI is InChI=1S/C14H18BrNO/c1-17-13-7-11(15)6-12(8-13)16-14-5-9-2-3-10(14)4-9/h6-10,14,16H,2-5H2,1H3. The van der Waals surface area contributed by atoms with Crippen LogP contribution in [0.3, 0.4) is 0 Å². The molecule has 2 aliphatic rings. The number of benzene rings is 1. The summed E-state index contributed by atoms with van der Waals surface area (Å²) in [6.07, 6.45) is 5.64. The zero-order valence-corrected chi connectivity index (χ0v) is 11.7. The van der Waals surface area contributed by atoms with E-state index in [0.29, 0.717) is 6.04 Å². The first-order valence-corrected chi connectivity index (χ1v) is 7.15. The van der Waals surface area contributed by atoms with Crippen molar-refractivity contribution in [3.63, 3.8) is 0 Å². The largest absolute Gasteiger partial charge is 0.497 e. The van der Waals surface area contributed by atoms with Crippen LogP contribution in [0.15, 0.2) is 22.7 Å². The highest BCUT2D eigenvalue weighted by atomic mass is 79.9. The molecule has 2 nitrogen and oxygen atoms in total. The van der Waals surface area contributed by atoms with E-state index in [1.54, 1.807) is 7.11 Å². The van der Waals surface area contributed by atoms with E-state index in [1.165, 1.54) is 31.4 Å². The molecule has 0 saturated heterocycles. The molecule has 0 aromatic heterocycles. The molecule has 1 N–H and O–H groups in total. The molecule has 3 unspecified atom stereocenters. The average Bonchev–Trinajstić information content (AvgIpc) is 2.90. The third-order valence-electron chi connectivity index (χ3n) is 4.20. The number of rotatable bonds is 3. The predicted molar refractivity (Wildman–Crippen MR) is 73.6 cm³/mol. The van der Waals surface area contributed by atoms with Crippen LogP contribution >= 0.6 is 15.9 Å². The van der Waals surface area contributed by atoms with E-state index in [4.69, 9.17) is 4.74 Å². The summed E-state index contributed by atoms with van der Waals surface area (Å²) in [4.78, 5) is 0. The van der Waals surface area contributed by atoms with Crippen molar-refractivity contribution in [2.75, 3.05) is 12.4 Å². The second-order valence-corrected chi connectivity index (χ2v) is 6.22. The maximum Gasteiger partial charge on any atom is 0.122 e. The molecule has 2 saturated carbocycles. The fourth-order valence-electron chi connectivity index (χ4n) is 3.40. The molecule has 0 spiro atoms. The third-order valence-corrected chi connectivity index (χ3v) is 4.65. The lowest BCUT2D eigenvalue weighted by Crippen LogP contribution is -2.25. The topological polar surface area (TPSA) is 21.3 Å². The maximum atomic E-state index is 5.29. The zero-order valence-electron chi connectivity index (χ0n) is 10.1. The second kappa shape index (κ2) is 4.52. The molecule has 0 heterocycles. The zero-order chi connectivity index (χ0) is 11.8. The highest BCUT2D eigenvalue weighted by molar-refractivity contribution is 9.10. The van der Waals surface area contributed by atoms with E-state index in [-0.39, 0.29) is 0 Å². The van der Waals surface area contributed by atoms with Crippen molar-refractivity contribution in [2.24, 2.45) is 11.8 Å². The molecule has 92 valence electrons. The van der Waals surface area contributed by atoms with Gasteiger partial charge in [0, 0.05) is 22.3 Å². The Morgan fingerprint density at radius 2 is 2.12 bits per heavy atom. The molecule has 2 fully saturated rings. The van der Waals surface area contributed by atoms with Crippen LogP contribution in [-0.4, -0.2) is 13.2 Å². The molecule has 0 amide bonds. The average molecular weight is 296 g/mol. The molecule has 17 heavy (non-hydrogen) atoms. The maximum absolute atomic E-state index is 5.29. The Labute approximate surface area is 111 Å². The quantitative estimate of drug-likeness (QED) is 0.908. The van der Waals surface area contributed by atoms with Gasteiger partial charge >= 0.3 is 0 Å². The van der Waals surface area contributed by atoms with Crippen LogP contribution in [0.5, 0.6) is 5.75 Å². The van der Waals surface area contributed by atoms with Gasteiger partial charge in [0.1, 0.15) is 5.75 Å². The van der Waals surface area contributed by atoms with Crippen molar-refractivity contribution in [1.82, 2.24) is 0 Å². The molecule has 2 bridgehead atoms. The minimum absolute atomic E-state index is 0.674. The summed E-state index contributed by atoms with van der Waals surface area (Å²) in [6, 6.07) is 6.88. The van der Waals surface area contributed by atoms with Gasteiger partial charge in [-0.3, -0.25) is 0 Å². The van der Waals surface area contributed by atoms with Gasteiger partial charge in [-0.2, -0.15) is 0 Å². The Morgan fingerprint density at radius 1 is 1.24 bits per heavy atom. The monoisotopic (exact) mass is 295 g/mol. The molecular weight excluding hydrogens is 278 g/mol. The van der Waals surface area contributed by atoms with E-state index < -0.39 is 0 Å². The fourth-order valence-corrected chi connectivity index (χ4v) is 3.87. The van der Waals surface area contributed by atoms with Gasteiger partial charge in [0.25, 0.3) is 0 Å². The lowest BCUT2D eigenvalue weighted by Gasteiger charge is -2.24. The smallest absolute Gasteiger partial charge is 0.122 e. The minimum atomic E-state index is 0.674. The van der Waals surface area contributed by atoms with Gasteiger partial charge in [0.05, 0.1) is 7.11 Å². The first-order valence-electron chi connectivity index (χ1n) is 6.35. The van der Waals surface area contributed by atoms with Gasteiger partial charge in [-0.1, -0.05) is 22.4 Å². The number of hydrogen-bond donors (Lipinski definition) is 1. The van der Waals surface area contributed by atoms with Gasteiger partial charge in [-0.15, -0.1) is 0 Å². The second-order valence-electron chi connectivity index (χ2n) is 5.31. The number of ether oxygens (including phenoxy) is 1. The Hall–Kier alpha value is -0.700. The SMILES string of the molecule is COc1cc(Br)cc(NC2CC3CCC2C3)c1. The van der Waals surface area contributed by atoms with Gasteiger partial charge in [0.15, 0.2) is 0 Å². The van der Waals surface area contributed by atoms with Crippen molar-refractivity contribution in [2.45, 2.75) is 31.7 Å². The molecule has 1 aromatic rings. The van der Waals surface area contributed by atoms with Crippen LogP contribution in [0.25, 0.3) is 0 Å². The lowest BCUT2D eigenvalue weighted by atomic mass is 9.95. The normalized spacial score (nSPS) is 30.6. The Balaban J connectivity index is 1.74. The molecule has 2 aliphatic carbocycles. The van der Waals surface area contributed by atoms with Crippen molar-refractivity contribution in [3.8, 4) is 5.75 Å². The van der Waals surface area contributed by atoms with Crippen LogP contribution in [0, 0.1) is 11.8 Å². The third kappa shape index (κ3) is 2.30. The van der Waals surface area contributed by atoms with Crippen LogP contribution < -0.4 is 10.1 Å². The minimum Gasteiger partial charge on any atom is -0.497 e. The summed E-state index contributed by atoms with van der Waals surface area (Å²) in [5.41, 5.74) is 1.17. The van der Waals surface area contributed by atoms with Crippen LogP contribution in [-0.2, 0) is 0 Å². The van der Waals surface area contributed by atoms with Crippen molar-refractivity contribution < 1.29 is 4.74 Å². The van der Waals surface area contributed by atoms with Crippen LogP contribution in [0.2, 0.25) is 0 Å². The summed E-state index contributed by atoms with van der Waals surface area (Å²) in [6.45, 7) is 0. The first kappa shape index (κ1) is 11.4. The summed E-state index contributed by atoms with van der Waals surface area (Å²) < 4.78 is 6.36. The highest BCUT2D eigenvalue weighted by Gasteiger charge is 2.39. The lowest BCUT2D eigenvalue weighted by molar-refractivity contribution is 0.414. The molecular formula is C14H18BrNO. The molecule has 1 aromatic carbocycles. The van der Waals surface area contributed by atoms with E-state index >= 15 is 0 Å². The molecule has 0 radical (unpaired) electrons. The molecule has 3 atom stereocenters. The summed E-state index contributed by atoms with van der Waals surface area (Å²) in [5, 5.41) is 3.68. The Bertz CT molecular complexity index is 421. The van der Waals surface area contributed by atoms with Crippen LogP contribution in [0.4, 0.5) is 5.69 Å². The number of methoxy groups -OCH3 is 1. The van der Waals surface area contributed by atoms with Crippen molar-refractivity contribution in [1.29, 1.82) is 0 Å². The van der Waals surface area contributed by atoms with Gasteiger partial charge in [0.2, 0.25) is 0 Å². The van der Waals surface area contributed by atoms with E-state index in [9.17, 15) is 0 Å². The number of fused-ring (bicyclic) bond motifs is 2. The van der Waals surface area contributed by atoms with E-state index in [2.05, 4.69) is 33.4 Å². The van der Waals surface area contributed by atoms with Crippen molar-refractivity contribution in [3.05, 3.63) is 22.7 Å². The van der Waals surface area contributed by atoms with Crippen LogP contribution in [0.1, 0.15) is 25.7 Å². The van der Waals surface area contributed by atoms with E-state index in [1.807, 2.05) is 6.07 Å². The number of hydrogen-bond acceptors (Lipinski definition) is 2. The summed E-state index contributed by atoms with van der Waals surface area (Å²) >= 11 is 3.52. The van der Waals surface area contributed by atoms with Gasteiger partial charge in [-0.05, 0) is 43.2 Å². The predicted octanol–water partition coefficient (Wildman–Crippen LogP) is 4.06. The highest BCUT2D eigenvalue weighted by Crippen LogP contribution is 2.45. The fraction of sp³-hybridized carbons (Fsp3) is 0.571. The number of nitrogens with one attached hydrogen (secondary N) is 1. The summed E-state index contributed by atoms with van der Waals surface area (Å²) in [7, 11) is 1.71. The van der Waals surface area contributed by atoms with Gasteiger partial charge in [-0.25, -0.2) is 0 Å². The molecule has 3 heteroatoms. The van der Waals surface area contributed by atoms with E-state index in [0.717, 1.165) is 22.1 Å². The molecule has 0 aliphatic heterocycles. The molecule has 3 rings (SSSR count). The number of halogens is 1. The first-order chi connectivity index (χ1) is 8.24.